The maximum atomic E-state index is 14.3. The number of ether oxygens (including phenoxy) is 4. The first-order valence-corrected chi connectivity index (χ1v) is 13.7. The van der Waals surface area contributed by atoms with Gasteiger partial charge in [-0.15, -0.1) is 0 Å². The average Bonchev–Trinajstić information content (AvgIpc) is 3.26. The Kier molecular flexibility index (Phi) is 9.42. The van der Waals surface area contributed by atoms with E-state index < -0.39 is 47.6 Å². The number of esters is 2. The van der Waals surface area contributed by atoms with Crippen molar-refractivity contribution < 1.29 is 41.7 Å². The number of halogens is 4. The summed E-state index contributed by atoms with van der Waals surface area (Å²) in [6.07, 6.45) is -3.66. The zero-order chi connectivity index (χ0) is 30.6. The van der Waals surface area contributed by atoms with Gasteiger partial charge in [-0.3, -0.25) is 9.36 Å². The lowest BCUT2D eigenvalue weighted by Crippen LogP contribution is -2.41. The van der Waals surface area contributed by atoms with Crippen LogP contribution in [0, 0.1) is 0 Å². The first-order chi connectivity index (χ1) is 20.0. The molecule has 0 bridgehead atoms. The number of hydrogen-bond acceptors (Lipinski definition) is 9. The molecule has 0 aliphatic carbocycles. The van der Waals surface area contributed by atoms with E-state index in [0.29, 0.717) is 21.9 Å². The summed E-state index contributed by atoms with van der Waals surface area (Å²) in [6.45, 7) is 2.58. The molecule has 9 nitrogen and oxygen atoms in total. The Morgan fingerprint density at radius 2 is 1.79 bits per heavy atom. The highest BCUT2D eigenvalue weighted by Gasteiger charge is 2.45. The Morgan fingerprint density at radius 1 is 1.10 bits per heavy atom. The molecule has 0 spiro atoms. The van der Waals surface area contributed by atoms with Crippen molar-refractivity contribution in [1.29, 1.82) is 0 Å². The molecule has 0 radical (unpaired) electrons. The van der Waals surface area contributed by atoms with Crippen LogP contribution in [-0.4, -0.2) is 49.6 Å². The molecule has 222 valence electrons. The number of thiazole rings is 1. The van der Waals surface area contributed by atoms with Crippen LogP contribution in [-0.2, 0) is 19.1 Å². The number of rotatable bonds is 9. The predicted molar refractivity (Wildman–Crippen MR) is 147 cm³/mol. The van der Waals surface area contributed by atoms with Crippen molar-refractivity contribution in [2.24, 2.45) is 4.99 Å². The summed E-state index contributed by atoms with van der Waals surface area (Å²) in [6, 6.07) is 8.96. The van der Waals surface area contributed by atoms with Gasteiger partial charge in [0, 0.05) is 10.6 Å². The van der Waals surface area contributed by atoms with Crippen LogP contribution in [0.25, 0.3) is 6.08 Å². The molecule has 1 aliphatic heterocycles. The minimum absolute atomic E-state index is 0.0198. The van der Waals surface area contributed by atoms with Crippen molar-refractivity contribution >= 4 is 41.0 Å². The highest BCUT2D eigenvalue weighted by Crippen LogP contribution is 2.38. The lowest BCUT2D eigenvalue weighted by molar-refractivity contribution is -0.145. The molecule has 1 aliphatic rings. The summed E-state index contributed by atoms with van der Waals surface area (Å²) in [7, 11) is 1.38. The summed E-state index contributed by atoms with van der Waals surface area (Å²) in [5, 5.41) is 0.303. The van der Waals surface area contributed by atoms with Crippen molar-refractivity contribution in [2.45, 2.75) is 26.1 Å². The van der Waals surface area contributed by atoms with E-state index in [1.54, 1.807) is 25.1 Å². The van der Waals surface area contributed by atoms with Crippen LogP contribution in [0.1, 0.15) is 31.0 Å². The molecule has 14 heteroatoms. The van der Waals surface area contributed by atoms with Crippen LogP contribution in [0.2, 0.25) is 5.02 Å². The second kappa shape index (κ2) is 12.8. The fourth-order valence-corrected chi connectivity index (χ4v) is 5.36. The number of carbonyl (C=O) groups is 2. The molecule has 4 rings (SSSR count). The number of benzene rings is 2. The van der Waals surface area contributed by atoms with E-state index in [1.165, 1.54) is 44.4 Å². The molecule has 1 aromatic heterocycles. The van der Waals surface area contributed by atoms with Gasteiger partial charge in [-0.1, -0.05) is 47.2 Å². The van der Waals surface area contributed by atoms with E-state index in [-0.39, 0.29) is 39.6 Å². The van der Waals surface area contributed by atoms with Crippen LogP contribution in [0.3, 0.4) is 0 Å². The Balaban J connectivity index is 1.97. The third-order valence-corrected chi connectivity index (χ3v) is 7.17. The summed E-state index contributed by atoms with van der Waals surface area (Å²) < 4.78 is 64.7. The Labute approximate surface area is 246 Å². The first kappa shape index (κ1) is 30.8. The zero-order valence-electron chi connectivity index (χ0n) is 22.5. The molecular formula is C28H24ClF3N2O7S. The molecule has 0 fully saturated rings. The van der Waals surface area contributed by atoms with Gasteiger partial charge in [-0.25, -0.2) is 14.6 Å². The second-order valence-electron chi connectivity index (χ2n) is 8.59. The predicted octanol–water partition coefficient (Wildman–Crippen LogP) is 3.94. The number of para-hydroxylation sites is 1. The Bertz CT molecular complexity index is 1710. The minimum atomic E-state index is -5.04. The molecule has 0 unspecified atom stereocenters. The van der Waals surface area contributed by atoms with Gasteiger partial charge < -0.3 is 18.9 Å². The molecule has 0 N–H and O–H groups in total. The van der Waals surface area contributed by atoms with Gasteiger partial charge in [0.2, 0.25) is 0 Å². The largest absolute Gasteiger partial charge is 0.493 e. The monoisotopic (exact) mass is 624 g/mol. The highest BCUT2D eigenvalue weighted by atomic mass is 35.5. The summed E-state index contributed by atoms with van der Waals surface area (Å²) in [5.74, 6) is -1.55. The van der Waals surface area contributed by atoms with Crippen molar-refractivity contribution in [1.82, 2.24) is 4.57 Å². The number of methoxy groups -OCH3 is 1. The van der Waals surface area contributed by atoms with E-state index in [1.807, 2.05) is 0 Å². The molecule has 3 aromatic rings. The quantitative estimate of drug-likeness (QED) is 0.332. The van der Waals surface area contributed by atoms with Gasteiger partial charge in [0.15, 0.2) is 28.6 Å². The number of hydrogen-bond donors (Lipinski definition) is 0. The van der Waals surface area contributed by atoms with Gasteiger partial charge in [0.05, 0.1) is 36.5 Å². The van der Waals surface area contributed by atoms with Crippen molar-refractivity contribution in [2.75, 3.05) is 26.9 Å². The lowest BCUT2D eigenvalue weighted by atomic mass is 9.95. The smallest absolute Gasteiger partial charge is 0.434 e. The second-order valence-corrected chi connectivity index (χ2v) is 10.0. The van der Waals surface area contributed by atoms with Crippen molar-refractivity contribution in [3.05, 3.63) is 89.6 Å². The summed E-state index contributed by atoms with van der Waals surface area (Å²) >= 11 is 6.69. The van der Waals surface area contributed by atoms with Crippen molar-refractivity contribution in [3.63, 3.8) is 0 Å². The topological polar surface area (TPSA) is 105 Å². The molecule has 42 heavy (non-hydrogen) atoms. The normalized spacial score (nSPS) is 15.1. The van der Waals surface area contributed by atoms with E-state index in [4.69, 9.17) is 30.5 Å². The third kappa shape index (κ3) is 6.36. The summed E-state index contributed by atoms with van der Waals surface area (Å²) in [5.41, 5.74) is -2.53. The number of aromatic nitrogens is 1. The minimum Gasteiger partial charge on any atom is -0.493 e. The van der Waals surface area contributed by atoms with Gasteiger partial charge in [-0.2, -0.15) is 13.2 Å². The number of fused-ring (bicyclic) bond motifs is 1. The maximum absolute atomic E-state index is 14.3. The number of allylic oxidation sites excluding steroid dienone is 1. The molecule has 1 atom stereocenters. The van der Waals surface area contributed by atoms with Gasteiger partial charge in [0.1, 0.15) is 0 Å². The number of nitrogens with zero attached hydrogens (tertiary/aromatic N) is 2. The Morgan fingerprint density at radius 3 is 2.40 bits per heavy atom. The van der Waals surface area contributed by atoms with Crippen LogP contribution in [0.15, 0.2) is 63.5 Å². The van der Waals surface area contributed by atoms with Gasteiger partial charge >= 0.3 is 18.1 Å². The third-order valence-electron chi connectivity index (χ3n) is 5.94. The molecule has 0 amide bonds. The lowest BCUT2D eigenvalue weighted by Gasteiger charge is -2.26. The van der Waals surface area contributed by atoms with E-state index in [0.717, 1.165) is 4.57 Å². The van der Waals surface area contributed by atoms with Crippen LogP contribution >= 0.6 is 22.9 Å². The standard InChI is InChI=1S/C28H24ClF3N2O7S/c1-4-39-20(35)14-41-23-16(7-6-8-18(23)38-3)13-19-25(36)34-22(15-9-11-17(29)12-10-15)21(26(37)40-5-2)24(28(30,31)32)33-27(34)42-19/h6-13,22H,4-5,14H2,1-3H3/b19-13-/t22-/m1/s1. The van der Waals surface area contributed by atoms with Crippen LogP contribution < -0.4 is 24.4 Å². The molecule has 2 heterocycles. The van der Waals surface area contributed by atoms with Crippen LogP contribution in [0.5, 0.6) is 11.5 Å². The number of carbonyl (C=O) groups excluding carboxylic acids is 2. The van der Waals surface area contributed by atoms with E-state index >= 15 is 0 Å². The SMILES string of the molecule is CCOC(=O)COc1c(/C=c2\sc3n(c2=O)[C@H](c2ccc(Cl)cc2)C(C(=O)OCC)=C(C(F)(F)F)N=3)cccc1OC. The van der Waals surface area contributed by atoms with E-state index in [2.05, 4.69) is 4.99 Å². The Hall–Kier alpha value is -4.10. The zero-order valence-corrected chi connectivity index (χ0v) is 24.1. The average molecular weight is 625 g/mol. The van der Waals surface area contributed by atoms with Gasteiger partial charge in [0.25, 0.3) is 5.56 Å². The highest BCUT2D eigenvalue weighted by molar-refractivity contribution is 7.07. The molecule has 0 saturated carbocycles. The first-order valence-electron chi connectivity index (χ1n) is 12.5. The molecular weight excluding hydrogens is 601 g/mol. The summed E-state index contributed by atoms with van der Waals surface area (Å²) in [4.78, 5) is 42.1. The molecule has 0 saturated heterocycles. The maximum Gasteiger partial charge on any atom is 0.434 e. The number of alkyl halides is 3. The van der Waals surface area contributed by atoms with Gasteiger partial charge in [-0.05, 0) is 43.7 Å². The van der Waals surface area contributed by atoms with Crippen LogP contribution in [0.4, 0.5) is 13.2 Å². The van der Waals surface area contributed by atoms with Crippen molar-refractivity contribution in [3.8, 4) is 11.5 Å². The molecule has 2 aromatic carbocycles. The van der Waals surface area contributed by atoms with E-state index in [9.17, 15) is 27.6 Å². The fourth-order valence-electron chi connectivity index (χ4n) is 4.24. The fraction of sp³-hybridized carbons (Fsp3) is 0.286.